The largest absolute Gasteiger partial charge is 0.382 e. The van der Waals surface area contributed by atoms with Gasteiger partial charge in [0.05, 0.1) is 0 Å². The van der Waals surface area contributed by atoms with E-state index in [2.05, 4.69) is 15.5 Å². The maximum Gasteiger partial charge on any atom is 0.269 e. The number of rotatable bonds is 2. The number of carbonyl (C=O) groups excluding carboxylic acids is 1. The standard InChI is InChI=1S/C11H16N4O/c12-10-5-9(14-15-10)11(16)13-8-4-6-1-2-7(8)3-6/h5-8H,1-4H2,(H,13,16)(H3,12,14,15). The van der Waals surface area contributed by atoms with Crippen molar-refractivity contribution in [3.05, 3.63) is 11.8 Å². The van der Waals surface area contributed by atoms with Gasteiger partial charge >= 0.3 is 0 Å². The lowest BCUT2D eigenvalue weighted by Crippen LogP contribution is -2.38. The first-order valence-electron chi connectivity index (χ1n) is 5.84. The van der Waals surface area contributed by atoms with E-state index in [-0.39, 0.29) is 5.91 Å². The van der Waals surface area contributed by atoms with Gasteiger partial charge in [-0.05, 0) is 31.1 Å². The van der Waals surface area contributed by atoms with Crippen LogP contribution in [0, 0.1) is 11.8 Å². The molecule has 2 fully saturated rings. The average molecular weight is 220 g/mol. The molecule has 1 aromatic rings. The first kappa shape index (κ1) is 9.69. The molecule has 1 amide bonds. The SMILES string of the molecule is Nc1cc(C(=O)NC2CC3CCC2C3)[nH]n1. The average Bonchev–Trinajstić information content (AvgIpc) is 2.92. The van der Waals surface area contributed by atoms with Crippen molar-refractivity contribution in [2.24, 2.45) is 11.8 Å². The van der Waals surface area contributed by atoms with Crippen LogP contribution < -0.4 is 11.1 Å². The summed E-state index contributed by atoms with van der Waals surface area (Å²) in [5, 5.41) is 9.46. The van der Waals surface area contributed by atoms with Gasteiger partial charge in [-0.25, -0.2) is 0 Å². The highest BCUT2D eigenvalue weighted by molar-refractivity contribution is 5.93. The Hall–Kier alpha value is -1.52. The maximum absolute atomic E-state index is 11.9. The molecule has 86 valence electrons. The van der Waals surface area contributed by atoms with Crippen molar-refractivity contribution in [1.82, 2.24) is 15.5 Å². The van der Waals surface area contributed by atoms with E-state index in [0.29, 0.717) is 23.5 Å². The van der Waals surface area contributed by atoms with Gasteiger partial charge in [-0.15, -0.1) is 0 Å². The molecule has 3 rings (SSSR count). The summed E-state index contributed by atoms with van der Waals surface area (Å²) >= 11 is 0. The normalized spacial score (nSPS) is 31.9. The number of nitrogens with one attached hydrogen (secondary N) is 2. The number of anilines is 1. The van der Waals surface area contributed by atoms with Crippen LogP contribution in [0.2, 0.25) is 0 Å². The van der Waals surface area contributed by atoms with E-state index in [0.717, 1.165) is 12.3 Å². The predicted octanol–water partition coefficient (Wildman–Crippen LogP) is 0.910. The third kappa shape index (κ3) is 1.56. The third-order valence-corrected chi connectivity index (χ3v) is 3.90. The summed E-state index contributed by atoms with van der Waals surface area (Å²) in [5.74, 6) is 1.80. The van der Waals surface area contributed by atoms with Crippen molar-refractivity contribution in [2.75, 3.05) is 5.73 Å². The molecule has 3 atom stereocenters. The van der Waals surface area contributed by atoms with Gasteiger partial charge in [-0.2, -0.15) is 5.10 Å². The molecule has 2 bridgehead atoms. The highest BCUT2D eigenvalue weighted by Crippen LogP contribution is 2.44. The summed E-state index contributed by atoms with van der Waals surface area (Å²) in [5.41, 5.74) is 5.92. The van der Waals surface area contributed by atoms with Crippen molar-refractivity contribution in [1.29, 1.82) is 0 Å². The van der Waals surface area contributed by atoms with Gasteiger partial charge < -0.3 is 11.1 Å². The molecule has 2 aliphatic rings. The highest BCUT2D eigenvalue weighted by Gasteiger charge is 2.40. The Balaban J connectivity index is 1.65. The zero-order chi connectivity index (χ0) is 11.1. The molecule has 3 unspecified atom stereocenters. The van der Waals surface area contributed by atoms with Gasteiger partial charge in [0, 0.05) is 12.1 Å². The van der Waals surface area contributed by atoms with Crippen molar-refractivity contribution in [3.63, 3.8) is 0 Å². The van der Waals surface area contributed by atoms with Gasteiger partial charge in [-0.3, -0.25) is 9.89 Å². The maximum atomic E-state index is 11.9. The summed E-state index contributed by atoms with van der Waals surface area (Å²) in [7, 11) is 0. The smallest absolute Gasteiger partial charge is 0.269 e. The van der Waals surface area contributed by atoms with Crippen LogP contribution in [0.1, 0.15) is 36.2 Å². The second-order valence-corrected chi connectivity index (χ2v) is 4.96. The lowest BCUT2D eigenvalue weighted by atomic mass is 9.95. The second kappa shape index (κ2) is 3.50. The first-order valence-corrected chi connectivity index (χ1v) is 5.84. The van der Waals surface area contributed by atoms with Crippen molar-refractivity contribution >= 4 is 11.7 Å². The number of aromatic amines is 1. The Labute approximate surface area is 93.8 Å². The second-order valence-electron chi connectivity index (χ2n) is 4.96. The number of nitrogens with zero attached hydrogens (tertiary/aromatic N) is 1. The van der Waals surface area contributed by atoms with Crippen molar-refractivity contribution < 1.29 is 4.79 Å². The van der Waals surface area contributed by atoms with E-state index >= 15 is 0 Å². The molecule has 16 heavy (non-hydrogen) atoms. The molecule has 0 saturated heterocycles. The van der Waals surface area contributed by atoms with Crippen LogP contribution >= 0.6 is 0 Å². The summed E-state index contributed by atoms with van der Waals surface area (Å²) in [6, 6.07) is 1.93. The summed E-state index contributed by atoms with van der Waals surface area (Å²) in [6.07, 6.45) is 5.03. The molecular formula is C11H16N4O. The molecule has 2 saturated carbocycles. The van der Waals surface area contributed by atoms with E-state index in [1.807, 2.05) is 0 Å². The number of hydrogen-bond acceptors (Lipinski definition) is 3. The minimum Gasteiger partial charge on any atom is -0.382 e. The lowest BCUT2D eigenvalue weighted by Gasteiger charge is -2.22. The van der Waals surface area contributed by atoms with E-state index in [1.54, 1.807) is 6.07 Å². The fourth-order valence-electron chi connectivity index (χ4n) is 3.12. The molecule has 1 heterocycles. The summed E-state index contributed by atoms with van der Waals surface area (Å²) < 4.78 is 0. The topological polar surface area (TPSA) is 83.8 Å². The molecule has 0 aliphatic heterocycles. The van der Waals surface area contributed by atoms with Crippen molar-refractivity contribution in [3.8, 4) is 0 Å². The first-order chi connectivity index (χ1) is 7.72. The zero-order valence-electron chi connectivity index (χ0n) is 9.07. The fraction of sp³-hybridized carbons (Fsp3) is 0.636. The number of nitrogen functional groups attached to an aromatic ring is 1. The molecule has 5 heteroatoms. The zero-order valence-corrected chi connectivity index (χ0v) is 9.07. The van der Waals surface area contributed by atoms with Crippen LogP contribution in [0.3, 0.4) is 0 Å². The number of fused-ring (bicyclic) bond motifs is 2. The molecule has 5 nitrogen and oxygen atoms in total. The van der Waals surface area contributed by atoms with E-state index in [4.69, 9.17) is 5.73 Å². The van der Waals surface area contributed by atoms with Crippen molar-refractivity contribution in [2.45, 2.75) is 31.7 Å². The summed E-state index contributed by atoms with van der Waals surface area (Å²) in [6.45, 7) is 0. The Morgan fingerprint density at radius 2 is 2.38 bits per heavy atom. The van der Waals surface area contributed by atoms with Gasteiger partial charge in [-0.1, -0.05) is 6.42 Å². The number of nitrogens with two attached hydrogens (primary N) is 1. The van der Waals surface area contributed by atoms with Gasteiger partial charge in [0.15, 0.2) is 0 Å². The number of hydrogen-bond donors (Lipinski definition) is 3. The fourth-order valence-corrected chi connectivity index (χ4v) is 3.12. The van der Waals surface area contributed by atoms with Crippen LogP contribution in [0.25, 0.3) is 0 Å². The minimum atomic E-state index is -0.0817. The Bertz CT molecular complexity index is 414. The highest BCUT2D eigenvalue weighted by atomic mass is 16.2. The quantitative estimate of drug-likeness (QED) is 0.692. The van der Waals surface area contributed by atoms with Gasteiger partial charge in [0.1, 0.15) is 11.5 Å². The molecule has 2 aliphatic carbocycles. The molecule has 0 aromatic carbocycles. The minimum absolute atomic E-state index is 0.0817. The molecule has 0 spiro atoms. The van der Waals surface area contributed by atoms with Crippen LogP contribution in [0.15, 0.2) is 6.07 Å². The predicted molar refractivity (Wildman–Crippen MR) is 59.7 cm³/mol. The van der Waals surface area contributed by atoms with Crippen LogP contribution in [-0.2, 0) is 0 Å². The number of aromatic nitrogens is 2. The molecule has 4 N–H and O–H groups in total. The Morgan fingerprint density at radius 3 is 2.94 bits per heavy atom. The molecule has 0 radical (unpaired) electrons. The third-order valence-electron chi connectivity index (χ3n) is 3.90. The number of H-pyrrole nitrogens is 1. The van der Waals surface area contributed by atoms with E-state index in [9.17, 15) is 4.79 Å². The molecule has 1 aromatic heterocycles. The van der Waals surface area contributed by atoms with Crippen LogP contribution in [-0.4, -0.2) is 22.1 Å². The monoisotopic (exact) mass is 220 g/mol. The van der Waals surface area contributed by atoms with E-state index < -0.39 is 0 Å². The van der Waals surface area contributed by atoms with E-state index in [1.165, 1.54) is 19.3 Å². The molecular weight excluding hydrogens is 204 g/mol. The Kier molecular flexibility index (Phi) is 2.12. The van der Waals surface area contributed by atoms with Gasteiger partial charge in [0.2, 0.25) is 0 Å². The summed E-state index contributed by atoms with van der Waals surface area (Å²) in [4.78, 5) is 11.9. The van der Waals surface area contributed by atoms with Crippen LogP contribution in [0.4, 0.5) is 5.82 Å². The van der Waals surface area contributed by atoms with Crippen LogP contribution in [0.5, 0.6) is 0 Å². The number of carbonyl (C=O) groups is 1. The number of amides is 1. The van der Waals surface area contributed by atoms with Gasteiger partial charge in [0.25, 0.3) is 5.91 Å². The Morgan fingerprint density at radius 1 is 1.50 bits per heavy atom. The lowest BCUT2D eigenvalue weighted by molar-refractivity contribution is 0.0918.